The molecule has 0 saturated carbocycles. The summed E-state index contributed by atoms with van der Waals surface area (Å²) in [4.78, 5) is 24.7. The van der Waals surface area contributed by atoms with Gasteiger partial charge in [0.2, 0.25) is 0 Å². The summed E-state index contributed by atoms with van der Waals surface area (Å²) in [5.41, 5.74) is 14.5. The Morgan fingerprint density at radius 2 is 1.03 bits per heavy atom. The van der Waals surface area contributed by atoms with Crippen LogP contribution in [0.5, 0.6) is 0 Å². The number of amidine groups is 2. The first-order chi connectivity index (χ1) is 29.6. The predicted molar refractivity (Wildman–Crippen MR) is 251 cm³/mol. The molecule has 0 N–H and O–H groups in total. The number of aromatic nitrogens is 2. The van der Waals surface area contributed by atoms with E-state index in [-0.39, 0.29) is 0 Å². The van der Waals surface area contributed by atoms with Crippen LogP contribution in [0, 0.1) is 6.92 Å². The van der Waals surface area contributed by atoms with Gasteiger partial charge in [-0.05, 0) is 70.8 Å². The van der Waals surface area contributed by atoms with Crippen LogP contribution in [0.1, 0.15) is 22.3 Å². The number of hydrogen-bond acceptors (Lipinski definition) is 3. The molecule has 286 valence electrons. The fraction of sp³-hybridized carbons (Fsp3) is 0.0364. The highest BCUT2D eigenvalue weighted by atomic mass is 15.0. The maximum absolute atomic E-state index is 5.19. The van der Waals surface area contributed by atoms with Gasteiger partial charge in [0.1, 0.15) is 0 Å². The Balaban J connectivity index is 1.09. The summed E-state index contributed by atoms with van der Waals surface area (Å²) in [6, 6.07) is 71.0. The van der Waals surface area contributed by atoms with Crippen LogP contribution in [0.25, 0.3) is 66.9 Å². The highest BCUT2D eigenvalue weighted by molar-refractivity contribution is 6.13. The van der Waals surface area contributed by atoms with Crippen LogP contribution in [0.15, 0.2) is 221 Å². The molecule has 0 aliphatic rings. The van der Waals surface area contributed by atoms with Gasteiger partial charge in [0.25, 0.3) is 0 Å². The third-order valence-electron chi connectivity index (χ3n) is 10.6. The van der Waals surface area contributed by atoms with Crippen molar-refractivity contribution in [3.63, 3.8) is 0 Å². The minimum atomic E-state index is 0.498. The molecule has 0 saturated heterocycles. The standard InChI is InChI=1S/C55H41N5/c1-38-31-33-40(34-32-38)52-50-29-13-14-30-51(50)58-55(59-52)45-24-16-22-43(36-45)47-26-10-12-28-49(47)48-27-11-9-25-46(48)42-21-15-23-44(35-42)53(56-2)60-54(41-19-7-4-8-20-41)57-37-39-17-5-3-6-18-39/h3-36H,2,37H2,1H3/b57-54-,60-53-. The smallest absolute Gasteiger partial charge is 0.161 e. The predicted octanol–water partition coefficient (Wildman–Crippen LogP) is 13.4. The van der Waals surface area contributed by atoms with Crippen molar-refractivity contribution in [3.05, 3.63) is 229 Å². The van der Waals surface area contributed by atoms with Crippen molar-refractivity contribution >= 4 is 29.3 Å². The average Bonchev–Trinajstić information content (AvgIpc) is 3.32. The Labute approximate surface area is 350 Å². The van der Waals surface area contributed by atoms with Crippen LogP contribution in [0.4, 0.5) is 0 Å². The van der Waals surface area contributed by atoms with E-state index >= 15 is 0 Å². The lowest BCUT2D eigenvalue weighted by Crippen LogP contribution is -2.05. The van der Waals surface area contributed by atoms with Gasteiger partial charge in [0.15, 0.2) is 17.5 Å². The van der Waals surface area contributed by atoms with Crippen LogP contribution < -0.4 is 0 Å². The molecule has 0 unspecified atom stereocenters. The Bertz CT molecular complexity index is 3020. The van der Waals surface area contributed by atoms with Crippen LogP contribution in [-0.4, -0.2) is 28.4 Å². The molecule has 0 radical (unpaired) electrons. The average molecular weight is 772 g/mol. The first-order valence-electron chi connectivity index (χ1n) is 20.0. The van der Waals surface area contributed by atoms with Gasteiger partial charge in [-0.15, -0.1) is 0 Å². The fourth-order valence-electron chi connectivity index (χ4n) is 7.55. The third-order valence-corrected chi connectivity index (χ3v) is 10.6. The molecule has 0 fully saturated rings. The summed E-state index contributed by atoms with van der Waals surface area (Å²) in [5.74, 6) is 1.79. The Morgan fingerprint density at radius 1 is 0.467 bits per heavy atom. The second-order valence-corrected chi connectivity index (χ2v) is 14.6. The van der Waals surface area contributed by atoms with Gasteiger partial charge in [-0.25, -0.2) is 20.0 Å². The van der Waals surface area contributed by atoms with Gasteiger partial charge in [0.05, 0.1) is 17.8 Å². The van der Waals surface area contributed by atoms with Gasteiger partial charge in [-0.3, -0.25) is 4.99 Å². The van der Waals surface area contributed by atoms with Crippen molar-refractivity contribution < 1.29 is 0 Å². The summed E-state index contributed by atoms with van der Waals surface area (Å²) in [7, 11) is 0. The summed E-state index contributed by atoms with van der Waals surface area (Å²) in [5, 5.41) is 1.03. The minimum Gasteiger partial charge on any atom is -0.261 e. The lowest BCUT2D eigenvalue weighted by molar-refractivity contribution is 1.06. The quantitative estimate of drug-likeness (QED) is 0.108. The molecular formula is C55H41N5. The van der Waals surface area contributed by atoms with Crippen molar-refractivity contribution in [1.29, 1.82) is 0 Å². The monoisotopic (exact) mass is 771 g/mol. The lowest BCUT2D eigenvalue weighted by atomic mass is 9.88. The van der Waals surface area contributed by atoms with E-state index in [0.717, 1.165) is 77.8 Å². The van der Waals surface area contributed by atoms with Crippen molar-refractivity contribution in [1.82, 2.24) is 9.97 Å². The molecule has 0 atom stereocenters. The number of benzene rings is 8. The Kier molecular flexibility index (Phi) is 10.9. The van der Waals surface area contributed by atoms with Crippen LogP contribution >= 0.6 is 0 Å². The zero-order chi connectivity index (χ0) is 40.7. The first kappa shape index (κ1) is 37.7. The molecule has 5 heteroatoms. The molecule has 60 heavy (non-hydrogen) atoms. The highest BCUT2D eigenvalue weighted by Crippen LogP contribution is 2.39. The molecule has 9 rings (SSSR count). The molecule has 1 heterocycles. The Morgan fingerprint density at radius 3 is 1.73 bits per heavy atom. The molecule has 5 nitrogen and oxygen atoms in total. The van der Waals surface area contributed by atoms with Crippen LogP contribution in [-0.2, 0) is 6.54 Å². The van der Waals surface area contributed by atoms with E-state index < -0.39 is 0 Å². The maximum Gasteiger partial charge on any atom is 0.161 e. The maximum atomic E-state index is 5.19. The van der Waals surface area contributed by atoms with Crippen LogP contribution in [0.3, 0.4) is 0 Å². The van der Waals surface area contributed by atoms with Crippen LogP contribution in [0.2, 0.25) is 0 Å². The van der Waals surface area contributed by atoms with Gasteiger partial charge in [-0.2, -0.15) is 0 Å². The number of aliphatic imine (C=N–C) groups is 3. The summed E-state index contributed by atoms with van der Waals surface area (Å²) in [6.45, 7) is 6.54. The summed E-state index contributed by atoms with van der Waals surface area (Å²) in [6.07, 6.45) is 0. The van der Waals surface area contributed by atoms with E-state index in [1.54, 1.807) is 0 Å². The summed E-state index contributed by atoms with van der Waals surface area (Å²) < 4.78 is 0. The molecule has 0 spiro atoms. The largest absolute Gasteiger partial charge is 0.261 e. The number of nitrogens with zero attached hydrogens (tertiary/aromatic N) is 5. The van der Waals surface area contributed by atoms with Crippen molar-refractivity contribution in [3.8, 4) is 56.0 Å². The highest BCUT2D eigenvalue weighted by Gasteiger charge is 2.16. The van der Waals surface area contributed by atoms with E-state index in [4.69, 9.17) is 20.0 Å². The number of aryl methyl sites for hydroxylation is 1. The molecule has 1 aromatic heterocycles. The molecule has 0 bridgehead atoms. The van der Waals surface area contributed by atoms with E-state index in [0.29, 0.717) is 24.0 Å². The molecule has 8 aromatic carbocycles. The van der Waals surface area contributed by atoms with E-state index in [1.807, 2.05) is 66.7 Å². The topological polar surface area (TPSA) is 62.9 Å². The molecule has 0 amide bonds. The van der Waals surface area contributed by atoms with Gasteiger partial charge < -0.3 is 0 Å². The van der Waals surface area contributed by atoms with Gasteiger partial charge >= 0.3 is 0 Å². The zero-order valence-electron chi connectivity index (χ0n) is 33.3. The zero-order valence-corrected chi connectivity index (χ0v) is 33.3. The number of rotatable bonds is 9. The molecule has 9 aromatic rings. The second-order valence-electron chi connectivity index (χ2n) is 14.6. The molecule has 0 aliphatic carbocycles. The van der Waals surface area contributed by atoms with Gasteiger partial charge in [-0.1, -0.05) is 194 Å². The number of fused-ring (bicyclic) bond motifs is 1. The first-order valence-corrected chi connectivity index (χ1v) is 20.0. The van der Waals surface area contributed by atoms with Crippen molar-refractivity contribution in [2.75, 3.05) is 0 Å². The fourth-order valence-corrected chi connectivity index (χ4v) is 7.55. The van der Waals surface area contributed by atoms with Gasteiger partial charge in [0, 0.05) is 27.6 Å². The normalized spacial score (nSPS) is 11.8. The lowest BCUT2D eigenvalue weighted by Gasteiger charge is -2.16. The van der Waals surface area contributed by atoms with Crippen molar-refractivity contribution in [2.45, 2.75) is 13.5 Å². The molecular weight excluding hydrogens is 731 g/mol. The van der Waals surface area contributed by atoms with E-state index in [1.165, 1.54) is 5.56 Å². The van der Waals surface area contributed by atoms with E-state index in [2.05, 4.69) is 158 Å². The Hall–Kier alpha value is -7.89. The SMILES string of the molecule is C=N/C(=N\C(=N/Cc1ccccc1)c1ccccc1)c1cccc(-c2ccccc2-c2ccccc2-c2cccc(-c3nc(-c4ccc(C)cc4)c4ccccc4n3)c2)c1. The second kappa shape index (κ2) is 17.3. The minimum absolute atomic E-state index is 0.498. The van der Waals surface area contributed by atoms with Crippen molar-refractivity contribution in [2.24, 2.45) is 15.0 Å². The van der Waals surface area contributed by atoms with E-state index in [9.17, 15) is 0 Å². The number of para-hydroxylation sites is 1. The summed E-state index contributed by atoms with van der Waals surface area (Å²) >= 11 is 0. The molecule has 0 aliphatic heterocycles. The number of hydrogen-bond donors (Lipinski definition) is 0. The third kappa shape index (κ3) is 8.11.